The van der Waals surface area contributed by atoms with Crippen molar-refractivity contribution in [3.8, 4) is 0 Å². The molecule has 0 radical (unpaired) electrons. The topological polar surface area (TPSA) is 92.5 Å². The van der Waals surface area contributed by atoms with Gasteiger partial charge in [0.1, 0.15) is 0 Å². The first-order valence-corrected chi connectivity index (χ1v) is 8.84. The number of benzene rings is 1. The van der Waals surface area contributed by atoms with Crippen molar-refractivity contribution in [1.29, 1.82) is 0 Å². The third-order valence-electron chi connectivity index (χ3n) is 3.10. The second-order valence-electron chi connectivity index (χ2n) is 4.26. The molecule has 19 heavy (non-hydrogen) atoms. The highest BCUT2D eigenvalue weighted by molar-refractivity contribution is 7.89. The van der Waals surface area contributed by atoms with Gasteiger partial charge in [-0.3, -0.25) is 4.21 Å². The van der Waals surface area contributed by atoms with Crippen molar-refractivity contribution in [1.82, 2.24) is 4.72 Å². The third kappa shape index (κ3) is 3.07. The van der Waals surface area contributed by atoms with Crippen LogP contribution in [-0.4, -0.2) is 44.3 Å². The first-order valence-electron chi connectivity index (χ1n) is 5.87. The Hall–Kier alpha value is -1.12. The molecule has 1 saturated heterocycles. The van der Waals surface area contributed by atoms with Crippen LogP contribution in [0.3, 0.4) is 0 Å². The van der Waals surface area contributed by atoms with Crippen LogP contribution in [-0.2, 0) is 20.8 Å². The molecule has 106 valence electrons. The number of sulfonamides is 1. The van der Waals surface area contributed by atoms with Crippen LogP contribution in [0.25, 0.3) is 0 Å². The average molecular weight is 303 g/mol. The zero-order chi connectivity index (χ0) is 14.0. The molecular formula is C11H17N3O3S2. The normalized spacial score (nSPS) is 17.6. The molecule has 3 N–H and O–H groups in total. The largest absolute Gasteiger partial charge is 0.397 e. The Bertz CT molecular complexity index is 591. The van der Waals surface area contributed by atoms with Crippen molar-refractivity contribution in [2.75, 3.05) is 42.3 Å². The summed E-state index contributed by atoms with van der Waals surface area (Å²) in [7, 11) is -2.89. The van der Waals surface area contributed by atoms with Crippen LogP contribution < -0.4 is 15.4 Å². The molecule has 0 aliphatic carbocycles. The molecule has 0 unspecified atom stereocenters. The monoisotopic (exact) mass is 303 g/mol. The summed E-state index contributed by atoms with van der Waals surface area (Å²) < 4.78 is 37.2. The minimum absolute atomic E-state index is 0.186. The lowest BCUT2D eigenvalue weighted by Crippen LogP contribution is -2.38. The van der Waals surface area contributed by atoms with E-state index in [1.165, 1.54) is 13.1 Å². The minimum Gasteiger partial charge on any atom is -0.397 e. The van der Waals surface area contributed by atoms with Gasteiger partial charge >= 0.3 is 0 Å². The molecule has 1 aliphatic heterocycles. The number of anilines is 2. The fraction of sp³-hybridized carbons (Fsp3) is 0.455. The van der Waals surface area contributed by atoms with Gasteiger partial charge in [-0.25, -0.2) is 13.1 Å². The first kappa shape index (κ1) is 14.3. The minimum atomic E-state index is -3.48. The molecule has 1 heterocycles. The van der Waals surface area contributed by atoms with Crippen molar-refractivity contribution >= 4 is 32.2 Å². The van der Waals surface area contributed by atoms with E-state index in [2.05, 4.69) is 4.72 Å². The second kappa shape index (κ2) is 5.48. The molecule has 0 atom stereocenters. The molecule has 8 heteroatoms. The number of hydrogen-bond donors (Lipinski definition) is 2. The molecule has 0 saturated carbocycles. The highest BCUT2D eigenvalue weighted by atomic mass is 32.2. The Labute approximate surface area is 115 Å². The van der Waals surface area contributed by atoms with Crippen LogP contribution in [0.1, 0.15) is 0 Å². The van der Waals surface area contributed by atoms with E-state index in [0.29, 0.717) is 36.0 Å². The summed E-state index contributed by atoms with van der Waals surface area (Å²) in [5.74, 6) is 1.17. The predicted octanol–water partition coefficient (Wildman–Crippen LogP) is -0.254. The maximum absolute atomic E-state index is 11.8. The van der Waals surface area contributed by atoms with E-state index in [-0.39, 0.29) is 4.90 Å². The number of nitrogens with two attached hydrogens (primary N) is 1. The van der Waals surface area contributed by atoms with Gasteiger partial charge in [-0.1, -0.05) is 0 Å². The molecule has 2 rings (SSSR count). The van der Waals surface area contributed by atoms with E-state index in [0.717, 1.165) is 0 Å². The molecule has 0 aromatic heterocycles. The lowest BCUT2D eigenvalue weighted by molar-refractivity contribution is 0.588. The number of hydrogen-bond acceptors (Lipinski definition) is 5. The molecule has 0 amide bonds. The lowest BCUT2D eigenvalue weighted by Gasteiger charge is -2.29. The number of rotatable bonds is 3. The van der Waals surface area contributed by atoms with Crippen molar-refractivity contribution in [2.24, 2.45) is 0 Å². The SMILES string of the molecule is CNS(=O)(=O)c1ccc(N)c(N2CCS(=O)CC2)c1. The molecule has 0 spiro atoms. The van der Waals surface area contributed by atoms with Crippen LogP contribution in [0.2, 0.25) is 0 Å². The van der Waals surface area contributed by atoms with Crippen LogP contribution in [0, 0.1) is 0 Å². The zero-order valence-corrected chi connectivity index (χ0v) is 12.3. The number of nitrogens with zero attached hydrogens (tertiary/aromatic N) is 1. The zero-order valence-electron chi connectivity index (χ0n) is 10.6. The molecule has 1 fully saturated rings. The highest BCUT2D eigenvalue weighted by Gasteiger charge is 2.20. The summed E-state index contributed by atoms with van der Waals surface area (Å²) in [4.78, 5) is 2.16. The van der Waals surface area contributed by atoms with Crippen LogP contribution in [0.5, 0.6) is 0 Å². The Balaban J connectivity index is 2.35. The highest BCUT2D eigenvalue weighted by Crippen LogP contribution is 2.27. The van der Waals surface area contributed by atoms with Crippen molar-refractivity contribution in [3.63, 3.8) is 0 Å². The summed E-state index contributed by atoms with van der Waals surface area (Å²) in [6.07, 6.45) is 0. The van der Waals surface area contributed by atoms with E-state index in [1.54, 1.807) is 12.1 Å². The lowest BCUT2D eigenvalue weighted by atomic mass is 10.2. The van der Waals surface area contributed by atoms with E-state index >= 15 is 0 Å². The van der Waals surface area contributed by atoms with E-state index < -0.39 is 20.8 Å². The van der Waals surface area contributed by atoms with Gasteiger partial charge in [-0.05, 0) is 25.2 Å². The maximum atomic E-state index is 11.8. The Kier molecular flexibility index (Phi) is 4.12. The summed E-state index contributed by atoms with van der Waals surface area (Å²) in [5, 5.41) is 0. The fourth-order valence-corrected chi connectivity index (χ4v) is 3.76. The predicted molar refractivity (Wildman–Crippen MR) is 77.2 cm³/mol. The molecular weight excluding hydrogens is 286 g/mol. The molecule has 1 aromatic rings. The van der Waals surface area contributed by atoms with Crippen LogP contribution in [0.4, 0.5) is 11.4 Å². The van der Waals surface area contributed by atoms with Gasteiger partial charge in [0, 0.05) is 35.4 Å². The average Bonchev–Trinajstić information content (AvgIpc) is 2.40. The summed E-state index contributed by atoms with van der Waals surface area (Å²) in [5.41, 5.74) is 7.13. The second-order valence-corrected chi connectivity index (χ2v) is 7.85. The van der Waals surface area contributed by atoms with Gasteiger partial charge in [0.2, 0.25) is 10.0 Å². The maximum Gasteiger partial charge on any atom is 0.240 e. The summed E-state index contributed by atoms with van der Waals surface area (Å²) in [6.45, 7) is 1.25. The summed E-state index contributed by atoms with van der Waals surface area (Å²) in [6, 6.07) is 4.63. The van der Waals surface area contributed by atoms with Crippen LogP contribution in [0.15, 0.2) is 23.1 Å². The van der Waals surface area contributed by atoms with Gasteiger partial charge in [0.25, 0.3) is 0 Å². The van der Waals surface area contributed by atoms with Gasteiger partial charge in [0.05, 0.1) is 16.3 Å². The number of nitrogens with one attached hydrogen (secondary N) is 1. The van der Waals surface area contributed by atoms with Crippen molar-refractivity contribution in [3.05, 3.63) is 18.2 Å². The Morgan fingerprint density at radius 1 is 1.32 bits per heavy atom. The van der Waals surface area contributed by atoms with Gasteiger partial charge in [-0.2, -0.15) is 0 Å². The Morgan fingerprint density at radius 2 is 1.95 bits per heavy atom. The molecule has 1 aliphatic rings. The van der Waals surface area contributed by atoms with Crippen molar-refractivity contribution in [2.45, 2.75) is 4.90 Å². The number of nitrogen functional groups attached to an aromatic ring is 1. The van der Waals surface area contributed by atoms with E-state index in [9.17, 15) is 12.6 Å². The smallest absolute Gasteiger partial charge is 0.240 e. The van der Waals surface area contributed by atoms with Gasteiger partial charge in [0.15, 0.2) is 0 Å². The van der Waals surface area contributed by atoms with Gasteiger partial charge < -0.3 is 10.6 Å². The van der Waals surface area contributed by atoms with Gasteiger partial charge in [-0.15, -0.1) is 0 Å². The van der Waals surface area contributed by atoms with E-state index in [1.807, 2.05) is 4.90 Å². The molecule has 6 nitrogen and oxygen atoms in total. The third-order valence-corrected chi connectivity index (χ3v) is 5.79. The molecule has 0 bridgehead atoms. The quantitative estimate of drug-likeness (QED) is 0.751. The van der Waals surface area contributed by atoms with Crippen LogP contribution >= 0.6 is 0 Å². The first-order chi connectivity index (χ1) is 8.94. The van der Waals surface area contributed by atoms with E-state index in [4.69, 9.17) is 5.73 Å². The Morgan fingerprint density at radius 3 is 2.53 bits per heavy atom. The fourth-order valence-electron chi connectivity index (χ4n) is 1.96. The molecule has 1 aromatic carbocycles. The van der Waals surface area contributed by atoms with Crippen molar-refractivity contribution < 1.29 is 12.6 Å². The summed E-state index contributed by atoms with van der Waals surface area (Å²) >= 11 is 0. The standard InChI is InChI=1S/C11H17N3O3S2/c1-13-19(16,17)9-2-3-10(12)11(8-9)14-4-6-18(15)7-5-14/h2-3,8,13H,4-7,12H2,1H3.